The molecule has 1 aliphatic rings. The number of nitrogens with one attached hydrogen (secondary N) is 2. The van der Waals surface area contributed by atoms with Gasteiger partial charge in [-0.3, -0.25) is 4.68 Å². The van der Waals surface area contributed by atoms with E-state index in [0.717, 1.165) is 47.4 Å². The number of guanidine groups is 1. The number of hydrogen-bond donors (Lipinski definition) is 2. The minimum Gasteiger partial charge on any atom is -0.494 e. The number of benzene rings is 1. The lowest BCUT2D eigenvalue weighted by molar-refractivity contribution is 0.254. The van der Waals surface area contributed by atoms with Gasteiger partial charge < -0.3 is 20.1 Å². The van der Waals surface area contributed by atoms with E-state index in [0.29, 0.717) is 19.7 Å². The minimum absolute atomic E-state index is 0.211. The van der Waals surface area contributed by atoms with Crippen LogP contribution in [0.15, 0.2) is 17.1 Å². The van der Waals surface area contributed by atoms with E-state index in [-0.39, 0.29) is 6.10 Å². The summed E-state index contributed by atoms with van der Waals surface area (Å²) in [5, 5.41) is 11.2. The molecular formula is C22H33N5O2. The van der Waals surface area contributed by atoms with Gasteiger partial charge >= 0.3 is 0 Å². The van der Waals surface area contributed by atoms with Crippen LogP contribution < -0.4 is 20.1 Å². The highest BCUT2D eigenvalue weighted by Crippen LogP contribution is 2.35. The first-order valence-corrected chi connectivity index (χ1v) is 10.4. The summed E-state index contributed by atoms with van der Waals surface area (Å²) in [6.07, 6.45) is 1.13. The highest BCUT2D eigenvalue weighted by atomic mass is 16.5. The molecule has 1 atom stereocenters. The second-order valence-corrected chi connectivity index (χ2v) is 7.45. The Balaban J connectivity index is 1.77. The predicted molar refractivity (Wildman–Crippen MR) is 116 cm³/mol. The van der Waals surface area contributed by atoms with Crippen molar-refractivity contribution in [1.29, 1.82) is 0 Å². The first-order chi connectivity index (χ1) is 13.9. The van der Waals surface area contributed by atoms with Crippen molar-refractivity contribution in [3.63, 3.8) is 0 Å². The molecule has 1 aromatic carbocycles. The van der Waals surface area contributed by atoms with Crippen LogP contribution in [0.25, 0.3) is 0 Å². The maximum Gasteiger partial charge on any atom is 0.191 e. The van der Waals surface area contributed by atoms with E-state index in [1.165, 1.54) is 11.1 Å². The SMILES string of the molecule is CCNC(=NCc1cc2c(cc1OCC)CC(C)O2)NCc1c(C)nn(C)c1C. The van der Waals surface area contributed by atoms with Crippen molar-refractivity contribution in [2.75, 3.05) is 13.2 Å². The average molecular weight is 400 g/mol. The zero-order valence-corrected chi connectivity index (χ0v) is 18.4. The molecule has 0 saturated carbocycles. The van der Waals surface area contributed by atoms with Crippen LogP contribution in [0.3, 0.4) is 0 Å². The third kappa shape index (κ3) is 4.83. The van der Waals surface area contributed by atoms with Crippen molar-refractivity contribution in [1.82, 2.24) is 20.4 Å². The summed E-state index contributed by atoms with van der Waals surface area (Å²) in [5.41, 5.74) is 5.64. The van der Waals surface area contributed by atoms with Crippen LogP contribution in [0, 0.1) is 13.8 Å². The van der Waals surface area contributed by atoms with Gasteiger partial charge in [0.25, 0.3) is 0 Å². The van der Waals surface area contributed by atoms with Crippen molar-refractivity contribution >= 4 is 5.96 Å². The van der Waals surface area contributed by atoms with Gasteiger partial charge in [-0.15, -0.1) is 0 Å². The Morgan fingerprint density at radius 3 is 2.76 bits per heavy atom. The molecule has 0 fully saturated rings. The molecule has 2 heterocycles. The van der Waals surface area contributed by atoms with E-state index < -0.39 is 0 Å². The highest BCUT2D eigenvalue weighted by molar-refractivity contribution is 5.79. The molecule has 1 unspecified atom stereocenters. The number of ether oxygens (including phenoxy) is 2. The summed E-state index contributed by atoms with van der Waals surface area (Å²) in [5.74, 6) is 2.61. The van der Waals surface area contributed by atoms with E-state index in [1.807, 2.05) is 25.6 Å². The van der Waals surface area contributed by atoms with Crippen molar-refractivity contribution < 1.29 is 9.47 Å². The summed E-state index contributed by atoms with van der Waals surface area (Å²) < 4.78 is 13.7. The van der Waals surface area contributed by atoms with Gasteiger partial charge in [0.05, 0.1) is 18.8 Å². The quantitative estimate of drug-likeness (QED) is 0.553. The van der Waals surface area contributed by atoms with Gasteiger partial charge in [0.2, 0.25) is 0 Å². The second-order valence-electron chi connectivity index (χ2n) is 7.45. The Hall–Kier alpha value is -2.70. The molecule has 7 nitrogen and oxygen atoms in total. The zero-order chi connectivity index (χ0) is 21.0. The Morgan fingerprint density at radius 1 is 1.31 bits per heavy atom. The van der Waals surface area contributed by atoms with Crippen molar-refractivity contribution in [3.8, 4) is 11.5 Å². The number of rotatable bonds is 7. The number of aliphatic imine (C=N–C) groups is 1. The standard InChI is InChI=1S/C22H33N5O2/c1-7-23-22(25-13-19-15(4)26-27(6)16(19)5)24-12-18-11-21-17(9-14(3)29-21)10-20(18)28-8-2/h10-11,14H,7-9,12-13H2,1-6H3,(H2,23,24,25). The van der Waals surface area contributed by atoms with Gasteiger partial charge in [-0.2, -0.15) is 5.10 Å². The number of aromatic nitrogens is 2. The normalized spacial score (nSPS) is 15.8. The zero-order valence-electron chi connectivity index (χ0n) is 18.4. The maximum atomic E-state index is 5.92. The van der Waals surface area contributed by atoms with Crippen molar-refractivity contribution in [3.05, 3.63) is 40.2 Å². The lowest BCUT2D eigenvalue weighted by Crippen LogP contribution is -2.37. The third-order valence-electron chi connectivity index (χ3n) is 5.22. The molecule has 0 radical (unpaired) electrons. The predicted octanol–water partition coefficient (Wildman–Crippen LogP) is 3.01. The van der Waals surface area contributed by atoms with Crippen molar-refractivity contribution in [2.45, 2.75) is 60.2 Å². The lowest BCUT2D eigenvalue weighted by atomic mass is 10.1. The largest absolute Gasteiger partial charge is 0.494 e. The van der Waals surface area contributed by atoms with Crippen molar-refractivity contribution in [2.24, 2.45) is 12.0 Å². The monoisotopic (exact) mass is 399 g/mol. The van der Waals surface area contributed by atoms with Gasteiger partial charge in [0, 0.05) is 48.9 Å². The summed E-state index contributed by atoms with van der Waals surface area (Å²) in [6, 6.07) is 4.18. The number of nitrogens with zero attached hydrogens (tertiary/aromatic N) is 3. The smallest absolute Gasteiger partial charge is 0.191 e. The lowest BCUT2D eigenvalue weighted by Gasteiger charge is -2.14. The summed E-state index contributed by atoms with van der Waals surface area (Å²) in [6.45, 7) is 12.9. The van der Waals surface area contributed by atoms with Crippen LogP contribution in [0.2, 0.25) is 0 Å². The van der Waals surface area contributed by atoms with Crippen LogP contribution >= 0.6 is 0 Å². The molecule has 29 heavy (non-hydrogen) atoms. The highest BCUT2D eigenvalue weighted by Gasteiger charge is 2.21. The van der Waals surface area contributed by atoms with E-state index >= 15 is 0 Å². The Bertz CT molecular complexity index is 888. The molecule has 1 aliphatic heterocycles. The molecule has 3 rings (SSSR count). The minimum atomic E-state index is 0.211. The fraction of sp³-hybridized carbons (Fsp3) is 0.545. The van der Waals surface area contributed by atoms with Gasteiger partial charge in [-0.1, -0.05) is 0 Å². The van der Waals surface area contributed by atoms with Crippen LogP contribution in [0.1, 0.15) is 48.8 Å². The molecule has 2 aromatic rings. The van der Waals surface area contributed by atoms with Gasteiger partial charge in [-0.25, -0.2) is 4.99 Å². The summed E-state index contributed by atoms with van der Waals surface area (Å²) >= 11 is 0. The molecule has 158 valence electrons. The summed E-state index contributed by atoms with van der Waals surface area (Å²) in [4.78, 5) is 4.78. The Morgan fingerprint density at radius 2 is 2.10 bits per heavy atom. The second kappa shape index (κ2) is 9.20. The number of aryl methyl sites for hydroxylation is 2. The molecule has 1 aromatic heterocycles. The molecule has 0 saturated heterocycles. The molecule has 0 aliphatic carbocycles. The Kier molecular flexibility index (Phi) is 6.67. The molecule has 0 spiro atoms. The summed E-state index contributed by atoms with van der Waals surface area (Å²) in [7, 11) is 1.97. The van der Waals surface area contributed by atoms with Crippen LogP contribution in [0.5, 0.6) is 11.5 Å². The fourth-order valence-electron chi connectivity index (χ4n) is 3.65. The van der Waals surface area contributed by atoms with E-state index in [1.54, 1.807) is 0 Å². The molecule has 0 bridgehead atoms. The first kappa shape index (κ1) is 21.0. The number of fused-ring (bicyclic) bond motifs is 1. The fourth-order valence-corrected chi connectivity index (χ4v) is 3.65. The maximum absolute atomic E-state index is 5.92. The van der Waals surface area contributed by atoms with Crippen LogP contribution in [0.4, 0.5) is 0 Å². The van der Waals surface area contributed by atoms with Gasteiger partial charge in [-0.05, 0) is 46.8 Å². The van der Waals surface area contributed by atoms with E-state index in [9.17, 15) is 0 Å². The molecule has 2 N–H and O–H groups in total. The van der Waals surface area contributed by atoms with Gasteiger partial charge in [0.1, 0.15) is 17.6 Å². The Labute approximate surface area is 173 Å². The van der Waals surface area contributed by atoms with Crippen LogP contribution in [-0.4, -0.2) is 35.0 Å². The third-order valence-corrected chi connectivity index (χ3v) is 5.22. The van der Waals surface area contributed by atoms with Gasteiger partial charge in [0.15, 0.2) is 5.96 Å². The topological polar surface area (TPSA) is 72.7 Å². The molecular weight excluding hydrogens is 366 g/mol. The van der Waals surface area contributed by atoms with Crippen LogP contribution in [-0.2, 0) is 26.6 Å². The van der Waals surface area contributed by atoms with E-state index in [2.05, 4.69) is 48.6 Å². The van der Waals surface area contributed by atoms with E-state index in [4.69, 9.17) is 14.5 Å². The average Bonchev–Trinajstić information content (AvgIpc) is 3.15. The first-order valence-electron chi connectivity index (χ1n) is 10.4. The molecule has 0 amide bonds. The number of hydrogen-bond acceptors (Lipinski definition) is 4. The molecule has 7 heteroatoms.